The zero-order valence-corrected chi connectivity index (χ0v) is 14.6. The minimum Gasteiger partial charge on any atom is -0.375 e. The molecule has 0 bridgehead atoms. The van der Waals surface area contributed by atoms with Gasteiger partial charge in [0.05, 0.1) is 19.3 Å². The summed E-state index contributed by atoms with van der Waals surface area (Å²) in [4.78, 5) is 0. The highest BCUT2D eigenvalue weighted by molar-refractivity contribution is 5.59. The van der Waals surface area contributed by atoms with E-state index in [0.717, 1.165) is 0 Å². The number of anilines is 1. The van der Waals surface area contributed by atoms with Gasteiger partial charge in [0.25, 0.3) is 0 Å². The first-order valence-corrected chi connectivity index (χ1v) is 8.84. The molecule has 2 aliphatic rings. The standard InChI is InChI=1S/C21H25NO2/c1-13(2)15-8-9-18-17(12-15)20-21(24-11-10-23-20)19(22-18)16-7-5-4-6-14(16)3/h4-9,12-13,19-22H,10-11H2,1-3H3/t19-,20+,21-/m0/s1. The van der Waals surface area contributed by atoms with E-state index < -0.39 is 0 Å². The summed E-state index contributed by atoms with van der Waals surface area (Å²) in [5.74, 6) is 0.507. The molecule has 0 aliphatic carbocycles. The van der Waals surface area contributed by atoms with Crippen LogP contribution in [0.5, 0.6) is 0 Å². The van der Waals surface area contributed by atoms with Crippen molar-refractivity contribution in [3.8, 4) is 0 Å². The molecule has 2 aromatic rings. The molecule has 0 aromatic heterocycles. The molecule has 2 aliphatic heterocycles. The summed E-state index contributed by atoms with van der Waals surface area (Å²) in [6.07, 6.45) is 0.00747. The monoisotopic (exact) mass is 323 g/mol. The molecule has 0 unspecified atom stereocenters. The lowest BCUT2D eigenvalue weighted by Gasteiger charge is -2.43. The van der Waals surface area contributed by atoms with Gasteiger partial charge in [-0.05, 0) is 35.6 Å². The van der Waals surface area contributed by atoms with Crippen LogP contribution in [0.3, 0.4) is 0 Å². The van der Waals surface area contributed by atoms with Gasteiger partial charge in [-0.15, -0.1) is 0 Å². The molecule has 2 aromatic carbocycles. The van der Waals surface area contributed by atoms with E-state index in [4.69, 9.17) is 9.47 Å². The molecular formula is C21H25NO2. The molecule has 1 saturated heterocycles. The highest BCUT2D eigenvalue weighted by atomic mass is 16.6. The van der Waals surface area contributed by atoms with E-state index in [-0.39, 0.29) is 18.2 Å². The molecule has 1 fully saturated rings. The van der Waals surface area contributed by atoms with Gasteiger partial charge in [0.2, 0.25) is 0 Å². The SMILES string of the molecule is Cc1ccccc1[C@@H]1Nc2ccc(C(C)C)cc2[C@H]2OCCO[C@H]21. The Labute approximate surface area is 144 Å². The molecule has 0 amide bonds. The van der Waals surface area contributed by atoms with Crippen LogP contribution >= 0.6 is 0 Å². The Morgan fingerprint density at radius 3 is 2.58 bits per heavy atom. The van der Waals surface area contributed by atoms with Crippen molar-refractivity contribution in [1.29, 1.82) is 0 Å². The van der Waals surface area contributed by atoms with Gasteiger partial charge in [0, 0.05) is 11.3 Å². The molecule has 24 heavy (non-hydrogen) atoms. The van der Waals surface area contributed by atoms with E-state index in [1.807, 2.05) is 0 Å². The highest BCUT2D eigenvalue weighted by Gasteiger charge is 2.41. The van der Waals surface area contributed by atoms with Crippen molar-refractivity contribution >= 4 is 5.69 Å². The summed E-state index contributed by atoms with van der Waals surface area (Å²) in [5, 5.41) is 3.71. The van der Waals surface area contributed by atoms with Crippen LogP contribution in [0.1, 0.15) is 54.2 Å². The average Bonchev–Trinajstić information content (AvgIpc) is 2.61. The maximum absolute atomic E-state index is 6.17. The fourth-order valence-corrected chi connectivity index (χ4v) is 3.83. The third-order valence-corrected chi connectivity index (χ3v) is 5.20. The van der Waals surface area contributed by atoms with E-state index in [0.29, 0.717) is 19.1 Å². The predicted molar refractivity (Wildman–Crippen MR) is 96.5 cm³/mol. The number of nitrogens with one attached hydrogen (secondary N) is 1. The number of hydrogen-bond donors (Lipinski definition) is 1. The van der Waals surface area contributed by atoms with Crippen molar-refractivity contribution in [3.63, 3.8) is 0 Å². The van der Waals surface area contributed by atoms with Crippen LogP contribution in [-0.4, -0.2) is 19.3 Å². The normalized spacial score (nSPS) is 25.8. The van der Waals surface area contributed by atoms with E-state index >= 15 is 0 Å². The van der Waals surface area contributed by atoms with Gasteiger partial charge in [0.15, 0.2) is 0 Å². The second-order valence-electron chi connectivity index (χ2n) is 7.11. The molecule has 0 saturated carbocycles. The topological polar surface area (TPSA) is 30.5 Å². The molecule has 0 spiro atoms. The Morgan fingerprint density at radius 1 is 1.00 bits per heavy atom. The van der Waals surface area contributed by atoms with Gasteiger partial charge in [-0.1, -0.05) is 50.2 Å². The maximum atomic E-state index is 6.17. The summed E-state index contributed by atoms with van der Waals surface area (Å²) >= 11 is 0. The maximum Gasteiger partial charge on any atom is 0.113 e. The van der Waals surface area contributed by atoms with E-state index in [9.17, 15) is 0 Å². The second-order valence-corrected chi connectivity index (χ2v) is 7.11. The van der Waals surface area contributed by atoms with E-state index in [1.165, 1.54) is 27.9 Å². The summed E-state index contributed by atoms with van der Waals surface area (Å²) in [5.41, 5.74) is 6.31. The van der Waals surface area contributed by atoms with Crippen LogP contribution in [-0.2, 0) is 9.47 Å². The van der Waals surface area contributed by atoms with E-state index in [1.54, 1.807) is 0 Å². The van der Waals surface area contributed by atoms with Crippen molar-refractivity contribution < 1.29 is 9.47 Å². The Kier molecular flexibility index (Phi) is 4.07. The predicted octanol–water partition coefficient (Wildman–Crippen LogP) is 4.74. The number of aryl methyl sites for hydroxylation is 1. The molecule has 3 heteroatoms. The Bertz CT molecular complexity index is 740. The summed E-state index contributed by atoms with van der Waals surface area (Å²) in [7, 11) is 0. The minimum atomic E-state index is -0.00157. The summed E-state index contributed by atoms with van der Waals surface area (Å²) < 4.78 is 12.3. The number of rotatable bonds is 2. The average molecular weight is 323 g/mol. The number of benzene rings is 2. The van der Waals surface area contributed by atoms with Gasteiger partial charge < -0.3 is 14.8 Å². The van der Waals surface area contributed by atoms with Crippen molar-refractivity contribution in [3.05, 3.63) is 64.7 Å². The van der Waals surface area contributed by atoms with Crippen LogP contribution in [0.25, 0.3) is 0 Å². The first-order valence-electron chi connectivity index (χ1n) is 8.84. The molecule has 4 rings (SSSR count). The van der Waals surface area contributed by atoms with Gasteiger partial charge in [-0.25, -0.2) is 0 Å². The van der Waals surface area contributed by atoms with E-state index in [2.05, 4.69) is 68.6 Å². The van der Waals surface area contributed by atoms with Crippen LogP contribution < -0.4 is 5.32 Å². The first-order chi connectivity index (χ1) is 11.6. The molecule has 2 heterocycles. The van der Waals surface area contributed by atoms with Crippen molar-refractivity contribution in [1.82, 2.24) is 0 Å². The Hall–Kier alpha value is -1.84. The fourth-order valence-electron chi connectivity index (χ4n) is 3.83. The van der Waals surface area contributed by atoms with Crippen molar-refractivity contribution in [2.24, 2.45) is 0 Å². The quantitative estimate of drug-likeness (QED) is 0.866. The molecule has 3 atom stereocenters. The highest BCUT2D eigenvalue weighted by Crippen LogP contribution is 2.45. The van der Waals surface area contributed by atoms with Gasteiger partial charge in [-0.2, -0.15) is 0 Å². The lowest BCUT2D eigenvalue weighted by atomic mass is 9.85. The minimum absolute atomic E-state index is 0.00157. The largest absolute Gasteiger partial charge is 0.375 e. The van der Waals surface area contributed by atoms with Gasteiger partial charge >= 0.3 is 0 Å². The molecular weight excluding hydrogens is 298 g/mol. The van der Waals surface area contributed by atoms with Crippen molar-refractivity contribution in [2.45, 2.75) is 44.9 Å². The smallest absolute Gasteiger partial charge is 0.113 e. The fraction of sp³-hybridized carbons (Fsp3) is 0.429. The summed E-state index contributed by atoms with van der Waals surface area (Å²) in [6.45, 7) is 7.93. The summed E-state index contributed by atoms with van der Waals surface area (Å²) in [6, 6.07) is 15.4. The van der Waals surface area contributed by atoms with Crippen LogP contribution in [0, 0.1) is 6.92 Å². The third kappa shape index (κ3) is 2.62. The lowest BCUT2D eigenvalue weighted by molar-refractivity contribution is -0.151. The molecule has 126 valence electrons. The van der Waals surface area contributed by atoms with Crippen LogP contribution in [0.2, 0.25) is 0 Å². The molecule has 0 radical (unpaired) electrons. The molecule has 1 N–H and O–H groups in total. The van der Waals surface area contributed by atoms with Gasteiger partial charge in [-0.3, -0.25) is 0 Å². The first kappa shape index (κ1) is 15.7. The van der Waals surface area contributed by atoms with Gasteiger partial charge in [0.1, 0.15) is 12.2 Å². The van der Waals surface area contributed by atoms with Crippen LogP contribution in [0.4, 0.5) is 5.69 Å². The number of ether oxygens (including phenoxy) is 2. The third-order valence-electron chi connectivity index (χ3n) is 5.20. The number of hydrogen-bond acceptors (Lipinski definition) is 3. The zero-order chi connectivity index (χ0) is 16.7. The Balaban J connectivity index is 1.79. The lowest BCUT2D eigenvalue weighted by Crippen LogP contribution is -2.43. The van der Waals surface area contributed by atoms with Crippen molar-refractivity contribution in [2.75, 3.05) is 18.5 Å². The Morgan fingerprint density at radius 2 is 1.79 bits per heavy atom. The number of fused-ring (bicyclic) bond motifs is 3. The van der Waals surface area contributed by atoms with Crippen LogP contribution in [0.15, 0.2) is 42.5 Å². The second kappa shape index (κ2) is 6.23. The molecule has 3 nitrogen and oxygen atoms in total. The zero-order valence-electron chi connectivity index (χ0n) is 14.6.